The summed E-state index contributed by atoms with van der Waals surface area (Å²) in [4.78, 5) is 50.8. The first-order chi connectivity index (χ1) is 19.8. The van der Waals surface area contributed by atoms with Crippen LogP contribution in [0.15, 0.2) is 86.0 Å². The van der Waals surface area contributed by atoms with Crippen LogP contribution in [-0.4, -0.2) is 54.2 Å². The molecule has 0 bridgehead atoms. The van der Waals surface area contributed by atoms with E-state index in [0.717, 1.165) is 5.56 Å². The zero-order valence-corrected chi connectivity index (χ0v) is 23.3. The Kier molecular flexibility index (Phi) is 14.4. The third kappa shape index (κ3) is 12.1. The molecule has 2 rings (SSSR count). The number of hydrogen-bond donors (Lipinski definition) is 4. The summed E-state index contributed by atoms with van der Waals surface area (Å²) in [6.45, 7) is 8.71. The second kappa shape index (κ2) is 18.0. The minimum Gasteiger partial charge on any atom is -0.454 e. The van der Waals surface area contributed by atoms with E-state index in [0.29, 0.717) is 5.56 Å². The number of esters is 1. The Bertz CT molecular complexity index is 1140. The lowest BCUT2D eigenvalue weighted by Gasteiger charge is -2.24. The first-order valence-electron chi connectivity index (χ1n) is 13.4. The lowest BCUT2D eigenvalue weighted by Crippen LogP contribution is -2.43. The Balaban J connectivity index is 2.06. The molecule has 0 saturated heterocycles. The summed E-state index contributed by atoms with van der Waals surface area (Å²) in [6, 6.07) is 16.4. The van der Waals surface area contributed by atoms with E-state index in [2.05, 4.69) is 29.1 Å². The quantitative estimate of drug-likeness (QED) is 0.170. The van der Waals surface area contributed by atoms with Gasteiger partial charge in [0, 0.05) is 12.5 Å². The van der Waals surface area contributed by atoms with Crippen molar-refractivity contribution < 1.29 is 33.8 Å². The number of carbonyl (C=O) groups excluding carboxylic acids is 4. The Hall–Kier alpha value is -4.44. The fraction of sp³-hybridized carbons (Fsp3) is 0.355. The van der Waals surface area contributed by atoms with Gasteiger partial charge in [-0.15, -0.1) is 13.2 Å². The van der Waals surface area contributed by atoms with Gasteiger partial charge in [-0.3, -0.25) is 9.59 Å². The SMILES string of the molecule is C=CC[C@H](CC(=O)N[C@@H](C)CO)C(=O)NC[C@H](OC(=O)[C@@H](CC=C)NC(=O)OCc1ccccc1)c1ccccc1. The van der Waals surface area contributed by atoms with Crippen molar-refractivity contribution in [1.29, 1.82) is 0 Å². The maximum Gasteiger partial charge on any atom is 0.408 e. The molecule has 41 heavy (non-hydrogen) atoms. The van der Waals surface area contributed by atoms with Gasteiger partial charge in [0.1, 0.15) is 18.8 Å². The molecule has 0 radical (unpaired) electrons. The molecular formula is C31H39N3O7. The van der Waals surface area contributed by atoms with Gasteiger partial charge >= 0.3 is 12.1 Å². The van der Waals surface area contributed by atoms with E-state index in [1.165, 1.54) is 6.08 Å². The molecule has 0 heterocycles. The zero-order chi connectivity index (χ0) is 30.0. The van der Waals surface area contributed by atoms with Crippen molar-refractivity contribution in [3.8, 4) is 0 Å². The Morgan fingerprint density at radius 1 is 0.927 bits per heavy atom. The largest absolute Gasteiger partial charge is 0.454 e. The lowest BCUT2D eigenvalue weighted by molar-refractivity contribution is -0.152. The van der Waals surface area contributed by atoms with Crippen LogP contribution >= 0.6 is 0 Å². The van der Waals surface area contributed by atoms with Crippen LogP contribution in [0.25, 0.3) is 0 Å². The third-order valence-corrected chi connectivity index (χ3v) is 6.02. The number of benzene rings is 2. The van der Waals surface area contributed by atoms with E-state index < -0.39 is 42.1 Å². The molecule has 4 N–H and O–H groups in total. The number of ether oxygens (including phenoxy) is 2. The number of aliphatic hydroxyl groups is 1. The Morgan fingerprint density at radius 2 is 1.56 bits per heavy atom. The van der Waals surface area contributed by atoms with E-state index in [1.807, 2.05) is 30.3 Å². The molecule has 4 atom stereocenters. The van der Waals surface area contributed by atoms with Gasteiger partial charge < -0.3 is 30.5 Å². The summed E-state index contributed by atoms with van der Waals surface area (Å²) < 4.78 is 11.0. The minimum atomic E-state index is -1.07. The fourth-order valence-corrected chi connectivity index (χ4v) is 3.83. The molecule has 2 aromatic carbocycles. The van der Waals surface area contributed by atoms with Crippen molar-refractivity contribution in [3.05, 3.63) is 97.1 Å². The van der Waals surface area contributed by atoms with E-state index >= 15 is 0 Å². The summed E-state index contributed by atoms with van der Waals surface area (Å²) in [6.07, 6.45) is 1.59. The van der Waals surface area contributed by atoms with Crippen LogP contribution in [0.1, 0.15) is 43.4 Å². The number of alkyl carbamates (subject to hydrolysis) is 1. The van der Waals surface area contributed by atoms with Crippen molar-refractivity contribution in [3.63, 3.8) is 0 Å². The molecule has 0 aliphatic carbocycles. The topological polar surface area (TPSA) is 143 Å². The van der Waals surface area contributed by atoms with Gasteiger partial charge in [0.2, 0.25) is 11.8 Å². The summed E-state index contributed by atoms with van der Waals surface area (Å²) in [7, 11) is 0. The summed E-state index contributed by atoms with van der Waals surface area (Å²) in [5.41, 5.74) is 1.42. The highest BCUT2D eigenvalue weighted by Gasteiger charge is 2.28. The summed E-state index contributed by atoms with van der Waals surface area (Å²) in [5, 5.41) is 17.1. The summed E-state index contributed by atoms with van der Waals surface area (Å²) in [5.74, 6) is -2.24. The first-order valence-corrected chi connectivity index (χ1v) is 13.4. The minimum absolute atomic E-state index is 0.0318. The molecular weight excluding hydrogens is 526 g/mol. The molecule has 2 aromatic rings. The van der Waals surface area contributed by atoms with Crippen molar-refractivity contribution >= 4 is 23.9 Å². The fourth-order valence-electron chi connectivity index (χ4n) is 3.83. The van der Waals surface area contributed by atoms with Crippen LogP contribution < -0.4 is 16.0 Å². The number of allylic oxidation sites excluding steroid dienone is 1. The third-order valence-electron chi connectivity index (χ3n) is 6.02. The normalized spacial score (nSPS) is 13.4. The standard InChI is InChI=1S/C31H39N3O7/c1-4-12-25(18-28(36)33-22(3)20-35)29(37)32-19-27(24-16-10-7-11-17-24)41-30(38)26(13-5-2)34-31(39)40-21-23-14-8-6-9-15-23/h4-11,14-17,22,25-27,35H,1-2,12-13,18-21H2,3H3,(H,32,37)(H,33,36)(H,34,39)/t22-,25+,26+,27-/m0/s1. The highest BCUT2D eigenvalue weighted by molar-refractivity contribution is 5.86. The molecule has 220 valence electrons. The summed E-state index contributed by atoms with van der Waals surface area (Å²) >= 11 is 0. The Morgan fingerprint density at radius 3 is 2.17 bits per heavy atom. The molecule has 10 heteroatoms. The predicted octanol–water partition coefficient (Wildman–Crippen LogP) is 3.34. The second-order valence-corrected chi connectivity index (χ2v) is 9.44. The van der Waals surface area contributed by atoms with E-state index in [4.69, 9.17) is 14.6 Å². The maximum absolute atomic E-state index is 13.1. The number of amides is 3. The maximum atomic E-state index is 13.1. The van der Waals surface area contributed by atoms with Gasteiger partial charge in [-0.2, -0.15) is 0 Å². The lowest BCUT2D eigenvalue weighted by atomic mass is 9.99. The van der Waals surface area contributed by atoms with Gasteiger partial charge in [0.25, 0.3) is 0 Å². The average Bonchev–Trinajstić information content (AvgIpc) is 2.98. The molecule has 3 amide bonds. The van der Waals surface area contributed by atoms with Crippen molar-refractivity contribution in [2.75, 3.05) is 13.2 Å². The molecule has 0 aromatic heterocycles. The molecule has 0 unspecified atom stereocenters. The highest BCUT2D eigenvalue weighted by atomic mass is 16.6. The van der Waals surface area contributed by atoms with Crippen LogP contribution in [0.3, 0.4) is 0 Å². The molecule has 0 saturated carbocycles. The van der Waals surface area contributed by atoms with Gasteiger partial charge in [-0.05, 0) is 30.9 Å². The molecule has 0 aliphatic rings. The van der Waals surface area contributed by atoms with Crippen LogP contribution in [0, 0.1) is 5.92 Å². The van der Waals surface area contributed by atoms with Crippen LogP contribution in [0.4, 0.5) is 4.79 Å². The van der Waals surface area contributed by atoms with Crippen molar-refractivity contribution in [2.24, 2.45) is 5.92 Å². The van der Waals surface area contributed by atoms with E-state index in [9.17, 15) is 19.2 Å². The van der Waals surface area contributed by atoms with Crippen LogP contribution in [0.2, 0.25) is 0 Å². The smallest absolute Gasteiger partial charge is 0.408 e. The Labute approximate surface area is 240 Å². The number of carbonyl (C=O) groups is 4. The van der Waals surface area contributed by atoms with Crippen LogP contribution in [-0.2, 0) is 30.5 Å². The second-order valence-electron chi connectivity index (χ2n) is 9.44. The van der Waals surface area contributed by atoms with Crippen molar-refractivity contribution in [2.45, 2.75) is 51.0 Å². The number of hydrogen-bond acceptors (Lipinski definition) is 7. The predicted molar refractivity (Wildman–Crippen MR) is 154 cm³/mol. The van der Waals surface area contributed by atoms with Gasteiger partial charge in [-0.25, -0.2) is 9.59 Å². The van der Waals surface area contributed by atoms with Crippen LogP contribution in [0.5, 0.6) is 0 Å². The van der Waals surface area contributed by atoms with Gasteiger partial charge in [-0.1, -0.05) is 72.8 Å². The number of aliphatic hydroxyl groups excluding tert-OH is 1. The average molecular weight is 566 g/mol. The molecule has 0 aliphatic heterocycles. The van der Waals surface area contributed by atoms with E-state index in [-0.39, 0.29) is 44.9 Å². The van der Waals surface area contributed by atoms with Gasteiger partial charge in [0.15, 0.2) is 0 Å². The number of nitrogens with one attached hydrogen (secondary N) is 3. The monoisotopic (exact) mass is 565 g/mol. The first kappa shape index (κ1) is 32.8. The molecule has 0 spiro atoms. The zero-order valence-electron chi connectivity index (χ0n) is 23.3. The number of rotatable bonds is 17. The van der Waals surface area contributed by atoms with Crippen molar-refractivity contribution in [1.82, 2.24) is 16.0 Å². The highest BCUT2D eigenvalue weighted by Crippen LogP contribution is 2.19. The van der Waals surface area contributed by atoms with Gasteiger partial charge in [0.05, 0.1) is 19.1 Å². The molecule has 10 nitrogen and oxygen atoms in total. The van der Waals surface area contributed by atoms with E-state index in [1.54, 1.807) is 43.3 Å². The molecule has 0 fully saturated rings.